The lowest BCUT2D eigenvalue weighted by Crippen LogP contribution is -2.26. The van der Waals surface area contributed by atoms with Crippen molar-refractivity contribution in [2.75, 3.05) is 19.8 Å². The molecule has 100 valence electrons. The van der Waals surface area contributed by atoms with Gasteiger partial charge in [-0.3, -0.25) is 4.79 Å². The van der Waals surface area contributed by atoms with Crippen LogP contribution in [0.2, 0.25) is 0 Å². The molecule has 1 amide bonds. The Morgan fingerprint density at radius 3 is 2.94 bits per heavy atom. The first kappa shape index (κ1) is 14.5. The Kier molecular flexibility index (Phi) is 6.87. The molecule has 1 aromatic rings. The van der Waals surface area contributed by atoms with Crippen LogP contribution in [-0.2, 0) is 0 Å². The fraction of sp³-hybridized carbons (Fsp3) is 0.500. The van der Waals surface area contributed by atoms with Gasteiger partial charge in [-0.1, -0.05) is 25.8 Å². The summed E-state index contributed by atoms with van der Waals surface area (Å²) in [4.78, 5) is 11.7. The molecule has 0 spiro atoms. The molecule has 1 aromatic carbocycles. The van der Waals surface area contributed by atoms with Crippen molar-refractivity contribution in [1.29, 1.82) is 0 Å². The Labute approximate surface area is 108 Å². The minimum absolute atomic E-state index is 0.0566. The monoisotopic (exact) mass is 251 g/mol. The van der Waals surface area contributed by atoms with E-state index in [1.54, 1.807) is 18.2 Å². The van der Waals surface area contributed by atoms with Gasteiger partial charge < -0.3 is 15.2 Å². The van der Waals surface area contributed by atoms with Crippen LogP contribution in [0.15, 0.2) is 24.3 Å². The Balaban J connectivity index is 2.48. The largest absolute Gasteiger partial charge is 0.494 e. The highest BCUT2D eigenvalue weighted by Crippen LogP contribution is 2.13. The van der Waals surface area contributed by atoms with E-state index in [0.29, 0.717) is 17.9 Å². The molecule has 18 heavy (non-hydrogen) atoms. The van der Waals surface area contributed by atoms with Gasteiger partial charge in [-0.25, -0.2) is 0 Å². The number of carbonyl (C=O) groups is 1. The average molecular weight is 251 g/mol. The summed E-state index contributed by atoms with van der Waals surface area (Å²) >= 11 is 0. The SMILES string of the molecule is CCCCCOc1cccc(C(=O)NCCO)c1. The van der Waals surface area contributed by atoms with E-state index in [4.69, 9.17) is 9.84 Å². The fourth-order valence-electron chi connectivity index (χ4n) is 1.54. The highest BCUT2D eigenvalue weighted by Gasteiger charge is 2.05. The van der Waals surface area contributed by atoms with Crippen molar-refractivity contribution in [3.63, 3.8) is 0 Å². The summed E-state index contributed by atoms with van der Waals surface area (Å²) in [6, 6.07) is 7.09. The number of amides is 1. The number of rotatable bonds is 8. The second-order valence-electron chi connectivity index (χ2n) is 4.06. The minimum atomic E-state index is -0.192. The molecule has 0 unspecified atom stereocenters. The van der Waals surface area contributed by atoms with Crippen LogP contribution in [0.25, 0.3) is 0 Å². The summed E-state index contributed by atoms with van der Waals surface area (Å²) in [7, 11) is 0. The van der Waals surface area contributed by atoms with Crippen molar-refractivity contribution in [1.82, 2.24) is 5.32 Å². The van der Waals surface area contributed by atoms with Crippen molar-refractivity contribution < 1.29 is 14.6 Å². The van der Waals surface area contributed by atoms with E-state index in [0.717, 1.165) is 19.3 Å². The number of hydrogen-bond acceptors (Lipinski definition) is 3. The van der Waals surface area contributed by atoms with E-state index >= 15 is 0 Å². The smallest absolute Gasteiger partial charge is 0.251 e. The standard InChI is InChI=1S/C14H21NO3/c1-2-3-4-10-18-13-7-5-6-12(11-13)14(17)15-8-9-16/h5-7,11,16H,2-4,8-10H2,1H3,(H,15,17). The molecule has 0 fully saturated rings. The number of ether oxygens (including phenoxy) is 1. The highest BCUT2D eigenvalue weighted by atomic mass is 16.5. The normalized spacial score (nSPS) is 10.1. The van der Waals surface area contributed by atoms with Crippen LogP contribution >= 0.6 is 0 Å². The maximum atomic E-state index is 11.7. The Bertz CT molecular complexity index is 366. The summed E-state index contributed by atoms with van der Waals surface area (Å²) in [5.41, 5.74) is 0.552. The molecule has 0 aliphatic heterocycles. The summed E-state index contributed by atoms with van der Waals surface area (Å²) in [6.45, 7) is 3.03. The molecule has 4 heteroatoms. The Hall–Kier alpha value is -1.55. The predicted molar refractivity (Wildman–Crippen MR) is 70.9 cm³/mol. The van der Waals surface area contributed by atoms with Gasteiger partial charge in [-0.2, -0.15) is 0 Å². The highest BCUT2D eigenvalue weighted by molar-refractivity contribution is 5.94. The maximum Gasteiger partial charge on any atom is 0.251 e. The molecule has 0 bridgehead atoms. The van der Waals surface area contributed by atoms with Crippen LogP contribution in [0, 0.1) is 0 Å². The molecule has 0 saturated heterocycles. The summed E-state index contributed by atoms with van der Waals surface area (Å²) in [5, 5.41) is 11.3. The maximum absolute atomic E-state index is 11.7. The van der Waals surface area contributed by atoms with Gasteiger partial charge in [0.25, 0.3) is 5.91 Å². The average Bonchev–Trinajstić information content (AvgIpc) is 2.41. The molecule has 0 aliphatic carbocycles. The number of hydrogen-bond donors (Lipinski definition) is 2. The molecule has 2 N–H and O–H groups in total. The van der Waals surface area contributed by atoms with E-state index in [2.05, 4.69) is 12.2 Å². The zero-order chi connectivity index (χ0) is 13.2. The van der Waals surface area contributed by atoms with Crippen molar-refractivity contribution in [3.05, 3.63) is 29.8 Å². The first-order valence-corrected chi connectivity index (χ1v) is 6.40. The third kappa shape index (κ3) is 5.19. The van der Waals surface area contributed by atoms with Gasteiger partial charge in [-0.15, -0.1) is 0 Å². The number of unbranched alkanes of at least 4 members (excludes halogenated alkanes) is 2. The minimum Gasteiger partial charge on any atom is -0.494 e. The Morgan fingerprint density at radius 2 is 2.22 bits per heavy atom. The van der Waals surface area contributed by atoms with Crippen LogP contribution in [0.4, 0.5) is 0 Å². The number of carbonyl (C=O) groups excluding carboxylic acids is 1. The Morgan fingerprint density at radius 1 is 1.39 bits per heavy atom. The molecule has 0 aliphatic rings. The van der Waals surface area contributed by atoms with Crippen molar-refractivity contribution in [2.24, 2.45) is 0 Å². The third-order valence-corrected chi connectivity index (χ3v) is 2.51. The van der Waals surface area contributed by atoms with E-state index in [-0.39, 0.29) is 19.1 Å². The van der Waals surface area contributed by atoms with Crippen molar-refractivity contribution in [3.8, 4) is 5.75 Å². The van der Waals surface area contributed by atoms with Crippen LogP contribution in [0.3, 0.4) is 0 Å². The first-order valence-electron chi connectivity index (χ1n) is 6.40. The van der Waals surface area contributed by atoms with Gasteiger partial charge in [0.2, 0.25) is 0 Å². The van der Waals surface area contributed by atoms with Gasteiger partial charge in [0, 0.05) is 12.1 Å². The molecule has 0 radical (unpaired) electrons. The van der Waals surface area contributed by atoms with Crippen molar-refractivity contribution >= 4 is 5.91 Å². The van der Waals surface area contributed by atoms with E-state index in [1.807, 2.05) is 6.07 Å². The van der Waals surface area contributed by atoms with Crippen LogP contribution in [0.5, 0.6) is 5.75 Å². The second kappa shape index (κ2) is 8.53. The molecule has 0 saturated carbocycles. The first-order chi connectivity index (χ1) is 8.77. The van der Waals surface area contributed by atoms with Gasteiger partial charge >= 0.3 is 0 Å². The van der Waals surface area contributed by atoms with Gasteiger partial charge in [0.15, 0.2) is 0 Å². The fourth-order valence-corrected chi connectivity index (χ4v) is 1.54. The predicted octanol–water partition coefficient (Wildman–Crippen LogP) is 1.98. The number of aliphatic hydroxyl groups is 1. The molecule has 1 rings (SSSR count). The topological polar surface area (TPSA) is 58.6 Å². The van der Waals surface area contributed by atoms with Crippen molar-refractivity contribution in [2.45, 2.75) is 26.2 Å². The molecular weight excluding hydrogens is 230 g/mol. The molecule has 0 heterocycles. The second-order valence-corrected chi connectivity index (χ2v) is 4.06. The molecule has 0 aromatic heterocycles. The lowest BCUT2D eigenvalue weighted by molar-refractivity contribution is 0.0944. The van der Waals surface area contributed by atoms with Gasteiger partial charge in [0.05, 0.1) is 13.2 Å². The summed E-state index contributed by atoms with van der Waals surface area (Å²) in [5.74, 6) is 0.519. The van der Waals surface area contributed by atoms with Crippen LogP contribution in [0.1, 0.15) is 36.5 Å². The number of aliphatic hydroxyl groups excluding tert-OH is 1. The van der Waals surface area contributed by atoms with E-state index in [9.17, 15) is 4.79 Å². The van der Waals surface area contributed by atoms with Gasteiger partial charge in [-0.05, 0) is 24.6 Å². The van der Waals surface area contributed by atoms with E-state index < -0.39 is 0 Å². The number of nitrogens with one attached hydrogen (secondary N) is 1. The summed E-state index contributed by atoms with van der Waals surface area (Å²) in [6.07, 6.45) is 3.33. The van der Waals surface area contributed by atoms with Gasteiger partial charge in [0.1, 0.15) is 5.75 Å². The summed E-state index contributed by atoms with van der Waals surface area (Å²) < 4.78 is 5.57. The molecule has 4 nitrogen and oxygen atoms in total. The third-order valence-electron chi connectivity index (χ3n) is 2.51. The van der Waals surface area contributed by atoms with E-state index in [1.165, 1.54) is 0 Å². The molecule has 0 atom stereocenters. The lowest BCUT2D eigenvalue weighted by atomic mass is 10.2. The lowest BCUT2D eigenvalue weighted by Gasteiger charge is -2.08. The number of benzene rings is 1. The zero-order valence-electron chi connectivity index (χ0n) is 10.8. The zero-order valence-corrected chi connectivity index (χ0v) is 10.8. The van der Waals surface area contributed by atoms with Crippen LogP contribution in [-0.4, -0.2) is 30.8 Å². The van der Waals surface area contributed by atoms with Crippen LogP contribution < -0.4 is 10.1 Å². The molecular formula is C14H21NO3. The quantitative estimate of drug-likeness (QED) is 0.695.